The summed E-state index contributed by atoms with van der Waals surface area (Å²) < 4.78 is 5.13. The lowest BCUT2D eigenvalue weighted by Gasteiger charge is -2.20. The van der Waals surface area contributed by atoms with E-state index in [0.717, 1.165) is 0 Å². The molecule has 1 amide bonds. The molecule has 0 fully saturated rings. The number of phenols is 1. The van der Waals surface area contributed by atoms with E-state index in [9.17, 15) is 9.90 Å². The minimum Gasteiger partial charge on any atom is -0.508 e. The number of nitrogens with one attached hydrogen (secondary N) is 1. The molecule has 0 radical (unpaired) electrons. The highest BCUT2D eigenvalue weighted by Crippen LogP contribution is 2.28. The fraction of sp³-hybridized carbons (Fsp3) is 0.462. The van der Waals surface area contributed by atoms with E-state index >= 15 is 0 Å². The molecule has 0 heterocycles. The molecular formula is C13H20N2O4. The Bertz CT molecular complexity index is 454. The highest BCUT2D eigenvalue weighted by molar-refractivity contribution is 5.85. The van der Waals surface area contributed by atoms with Gasteiger partial charge in [0.15, 0.2) is 0 Å². The van der Waals surface area contributed by atoms with Gasteiger partial charge in [-0.15, -0.1) is 0 Å². The Morgan fingerprint density at radius 3 is 2.58 bits per heavy atom. The monoisotopic (exact) mass is 268 g/mol. The number of amides is 1. The van der Waals surface area contributed by atoms with Gasteiger partial charge in [-0.05, 0) is 45.9 Å². The molecular weight excluding hydrogens is 248 g/mol. The van der Waals surface area contributed by atoms with Crippen LogP contribution in [0.4, 0.5) is 10.5 Å². The van der Waals surface area contributed by atoms with Gasteiger partial charge in [-0.3, -0.25) is 10.2 Å². The zero-order valence-electron chi connectivity index (χ0n) is 11.6. The van der Waals surface area contributed by atoms with E-state index in [1.54, 1.807) is 39.8 Å². The first-order valence-corrected chi connectivity index (χ1v) is 5.91. The van der Waals surface area contributed by atoms with Crippen molar-refractivity contribution in [3.63, 3.8) is 0 Å². The number of ether oxygens (including phenoxy) is 1. The summed E-state index contributed by atoms with van der Waals surface area (Å²) in [5.74, 6) is 5.13. The largest absolute Gasteiger partial charge is 0.508 e. The van der Waals surface area contributed by atoms with Crippen molar-refractivity contribution < 1.29 is 19.5 Å². The first-order chi connectivity index (χ1) is 8.73. The van der Waals surface area contributed by atoms with Gasteiger partial charge in [0, 0.05) is 11.3 Å². The average Bonchev–Trinajstić information content (AvgIpc) is 2.28. The van der Waals surface area contributed by atoms with Crippen LogP contribution in [0.25, 0.3) is 0 Å². The second-order valence-electron chi connectivity index (χ2n) is 5.18. The molecule has 1 rings (SSSR count). The van der Waals surface area contributed by atoms with Crippen molar-refractivity contribution >= 4 is 11.8 Å². The van der Waals surface area contributed by atoms with Gasteiger partial charge in [0.25, 0.3) is 0 Å². The third kappa shape index (κ3) is 4.76. The second kappa shape index (κ2) is 5.90. The lowest BCUT2D eigenvalue weighted by Crippen LogP contribution is -2.27. The zero-order chi connectivity index (χ0) is 14.6. The Morgan fingerprint density at radius 1 is 1.42 bits per heavy atom. The van der Waals surface area contributed by atoms with Gasteiger partial charge < -0.3 is 9.84 Å². The number of hydrogen-bond donors (Lipinski definition) is 3. The van der Waals surface area contributed by atoms with Gasteiger partial charge in [0.05, 0.1) is 0 Å². The number of nitrogens with two attached hydrogens (primary N) is 1. The molecule has 19 heavy (non-hydrogen) atoms. The molecule has 0 saturated heterocycles. The van der Waals surface area contributed by atoms with E-state index in [2.05, 4.69) is 10.2 Å². The number of aromatic hydroxyl groups is 1. The standard InChI is InChI=1S/C13H20N2O4/c1-8(19-14)10-7-9(5-6-11(10)16)15-12(17)18-13(2,3)4/h5-8,16H,14H2,1-4H3,(H,15,17). The van der Waals surface area contributed by atoms with E-state index in [-0.39, 0.29) is 5.75 Å². The van der Waals surface area contributed by atoms with E-state index in [1.165, 1.54) is 6.07 Å². The van der Waals surface area contributed by atoms with Gasteiger partial charge in [0.2, 0.25) is 0 Å². The third-order valence-corrected chi connectivity index (χ3v) is 2.31. The predicted octanol–water partition coefficient (Wildman–Crippen LogP) is 2.69. The number of anilines is 1. The van der Waals surface area contributed by atoms with Crippen LogP contribution in [0.5, 0.6) is 5.75 Å². The van der Waals surface area contributed by atoms with Crippen LogP contribution in [-0.4, -0.2) is 16.8 Å². The molecule has 6 heteroatoms. The predicted molar refractivity (Wildman–Crippen MR) is 71.7 cm³/mol. The van der Waals surface area contributed by atoms with Crippen molar-refractivity contribution in [3.8, 4) is 5.75 Å². The normalized spacial score (nSPS) is 12.9. The van der Waals surface area contributed by atoms with Crippen LogP contribution in [-0.2, 0) is 9.57 Å². The number of phenolic OH excluding ortho intramolecular Hbond substituents is 1. The molecule has 0 saturated carbocycles. The second-order valence-corrected chi connectivity index (χ2v) is 5.18. The van der Waals surface area contributed by atoms with Crippen molar-refractivity contribution in [2.75, 3.05) is 5.32 Å². The smallest absolute Gasteiger partial charge is 0.412 e. The van der Waals surface area contributed by atoms with Crippen molar-refractivity contribution in [2.45, 2.75) is 39.4 Å². The van der Waals surface area contributed by atoms with E-state index in [4.69, 9.17) is 10.6 Å². The topological polar surface area (TPSA) is 93.8 Å². The van der Waals surface area contributed by atoms with Crippen molar-refractivity contribution in [1.29, 1.82) is 0 Å². The number of rotatable bonds is 3. The summed E-state index contributed by atoms with van der Waals surface area (Å²) in [6, 6.07) is 4.60. The number of carbonyl (C=O) groups is 1. The highest BCUT2D eigenvalue weighted by Gasteiger charge is 2.17. The fourth-order valence-corrected chi connectivity index (χ4v) is 1.45. The molecule has 4 N–H and O–H groups in total. The van der Waals surface area contributed by atoms with Gasteiger partial charge in [0.1, 0.15) is 17.5 Å². The Labute approximate surface area is 112 Å². The summed E-state index contributed by atoms with van der Waals surface area (Å²) in [5, 5.41) is 12.3. The Hall–Kier alpha value is -1.79. The number of carbonyl (C=O) groups excluding carboxylic acids is 1. The maximum Gasteiger partial charge on any atom is 0.412 e. The molecule has 1 aromatic rings. The molecule has 0 aliphatic rings. The van der Waals surface area contributed by atoms with Crippen LogP contribution in [0.15, 0.2) is 18.2 Å². The molecule has 106 valence electrons. The molecule has 0 aliphatic carbocycles. The van der Waals surface area contributed by atoms with E-state index in [0.29, 0.717) is 11.3 Å². The fourth-order valence-electron chi connectivity index (χ4n) is 1.45. The summed E-state index contributed by atoms with van der Waals surface area (Å²) in [7, 11) is 0. The molecule has 0 spiro atoms. The molecule has 1 aromatic carbocycles. The van der Waals surface area contributed by atoms with Crippen molar-refractivity contribution in [3.05, 3.63) is 23.8 Å². The van der Waals surface area contributed by atoms with Crippen molar-refractivity contribution in [1.82, 2.24) is 0 Å². The van der Waals surface area contributed by atoms with E-state index in [1.807, 2.05) is 0 Å². The minimum absolute atomic E-state index is 0.0488. The molecule has 1 atom stereocenters. The van der Waals surface area contributed by atoms with Crippen LogP contribution < -0.4 is 11.2 Å². The van der Waals surface area contributed by atoms with E-state index < -0.39 is 17.8 Å². The first kappa shape index (κ1) is 15.3. The maximum absolute atomic E-state index is 11.6. The summed E-state index contributed by atoms with van der Waals surface area (Å²) in [6.07, 6.45) is -1.05. The van der Waals surface area contributed by atoms with Crippen LogP contribution in [0.1, 0.15) is 39.4 Å². The highest BCUT2D eigenvalue weighted by atomic mass is 16.6. The van der Waals surface area contributed by atoms with Gasteiger partial charge >= 0.3 is 6.09 Å². The van der Waals surface area contributed by atoms with Crippen LogP contribution in [0.2, 0.25) is 0 Å². The van der Waals surface area contributed by atoms with Gasteiger partial charge in [-0.1, -0.05) is 0 Å². The van der Waals surface area contributed by atoms with Gasteiger partial charge in [-0.25, -0.2) is 10.7 Å². The Balaban J connectivity index is 2.83. The summed E-state index contributed by atoms with van der Waals surface area (Å²) >= 11 is 0. The molecule has 0 bridgehead atoms. The van der Waals surface area contributed by atoms with Crippen LogP contribution >= 0.6 is 0 Å². The lowest BCUT2D eigenvalue weighted by molar-refractivity contribution is 0.0629. The SMILES string of the molecule is CC(ON)c1cc(NC(=O)OC(C)(C)C)ccc1O. The molecule has 0 aromatic heterocycles. The summed E-state index contributed by atoms with van der Waals surface area (Å²) in [6.45, 7) is 7.02. The first-order valence-electron chi connectivity index (χ1n) is 5.91. The van der Waals surface area contributed by atoms with Crippen LogP contribution in [0.3, 0.4) is 0 Å². The number of benzene rings is 1. The lowest BCUT2D eigenvalue weighted by atomic mass is 10.1. The molecule has 0 aliphatic heterocycles. The Morgan fingerprint density at radius 2 is 2.05 bits per heavy atom. The number of hydrogen-bond acceptors (Lipinski definition) is 5. The Kier molecular flexibility index (Phi) is 4.74. The summed E-state index contributed by atoms with van der Waals surface area (Å²) in [4.78, 5) is 16.3. The minimum atomic E-state index is -0.572. The van der Waals surface area contributed by atoms with Gasteiger partial charge in [-0.2, -0.15) is 0 Å². The maximum atomic E-state index is 11.6. The van der Waals surface area contributed by atoms with Crippen LogP contribution in [0, 0.1) is 0 Å². The third-order valence-electron chi connectivity index (χ3n) is 2.31. The average molecular weight is 268 g/mol. The van der Waals surface area contributed by atoms with Crippen molar-refractivity contribution in [2.24, 2.45) is 5.90 Å². The molecule has 6 nitrogen and oxygen atoms in total. The summed E-state index contributed by atoms with van der Waals surface area (Å²) in [5.41, 5.74) is 0.402. The molecule has 1 unspecified atom stereocenters. The quantitative estimate of drug-likeness (QED) is 0.579. The zero-order valence-corrected chi connectivity index (χ0v) is 11.6.